The average molecular weight is 145 g/mol. The summed E-state index contributed by atoms with van der Waals surface area (Å²) in [5.74, 6) is 0. The molecule has 0 aliphatic rings. The fourth-order valence-corrected chi connectivity index (χ4v) is 1.03. The number of aromatic amines is 1. The Labute approximate surface area is 62.5 Å². The molecular formula is C7H5N4+. The maximum atomic E-state index is 8.50. The summed E-state index contributed by atoms with van der Waals surface area (Å²) in [4.78, 5) is 9.94. The molecule has 0 bridgehead atoms. The topological polar surface area (TPSA) is 56.8 Å². The van der Waals surface area contributed by atoms with Crippen molar-refractivity contribution in [3.05, 3.63) is 29.6 Å². The van der Waals surface area contributed by atoms with Gasteiger partial charge in [-0.2, -0.15) is 0 Å². The highest BCUT2D eigenvalue weighted by Gasteiger charge is 2.12. The van der Waals surface area contributed by atoms with Gasteiger partial charge in [-0.25, -0.2) is 0 Å². The van der Waals surface area contributed by atoms with E-state index in [4.69, 9.17) is 5.39 Å². The van der Waals surface area contributed by atoms with E-state index < -0.39 is 0 Å². The van der Waals surface area contributed by atoms with E-state index in [0.29, 0.717) is 5.69 Å². The molecule has 2 aromatic rings. The number of hydrogen-bond acceptors (Lipinski definition) is 2. The van der Waals surface area contributed by atoms with E-state index in [-0.39, 0.29) is 0 Å². The quantitative estimate of drug-likeness (QED) is 0.576. The number of pyridine rings is 1. The minimum Gasteiger partial charge on any atom is -0.354 e. The van der Waals surface area contributed by atoms with Crippen LogP contribution in [-0.2, 0) is 0 Å². The second kappa shape index (κ2) is 2.06. The predicted octanol–water partition coefficient (Wildman–Crippen LogP) is 2.05. The number of diazo groups is 1. The van der Waals surface area contributed by atoms with Crippen molar-refractivity contribution in [2.24, 2.45) is 0 Å². The summed E-state index contributed by atoms with van der Waals surface area (Å²) in [5, 5.41) is 9.33. The first-order valence-electron chi connectivity index (χ1n) is 3.18. The summed E-state index contributed by atoms with van der Waals surface area (Å²) in [6.07, 6.45) is 4.97. The predicted molar refractivity (Wildman–Crippen MR) is 40.8 cm³/mol. The molecule has 0 aromatic carbocycles. The summed E-state index contributed by atoms with van der Waals surface area (Å²) < 4.78 is 0. The Morgan fingerprint density at radius 3 is 3.27 bits per heavy atom. The van der Waals surface area contributed by atoms with Crippen LogP contribution in [0, 0.1) is 5.39 Å². The number of aromatic nitrogens is 2. The van der Waals surface area contributed by atoms with Crippen LogP contribution in [0.15, 0.2) is 24.7 Å². The normalized spacial score (nSPS) is 9.73. The minimum absolute atomic E-state index is 0.521. The van der Waals surface area contributed by atoms with E-state index >= 15 is 0 Å². The maximum Gasteiger partial charge on any atom is 0.411 e. The van der Waals surface area contributed by atoms with Gasteiger partial charge >= 0.3 is 5.69 Å². The fourth-order valence-electron chi connectivity index (χ4n) is 1.03. The van der Waals surface area contributed by atoms with Gasteiger partial charge < -0.3 is 4.98 Å². The van der Waals surface area contributed by atoms with Crippen molar-refractivity contribution in [3.8, 4) is 0 Å². The van der Waals surface area contributed by atoms with E-state index in [1.165, 1.54) is 0 Å². The highest BCUT2D eigenvalue weighted by molar-refractivity contribution is 5.91. The number of nitrogens with one attached hydrogen (secondary N) is 1. The second-order valence-electron chi connectivity index (χ2n) is 2.20. The fraction of sp³-hybridized carbons (Fsp3) is 0. The van der Waals surface area contributed by atoms with Gasteiger partial charge in [-0.3, -0.25) is 4.98 Å². The van der Waals surface area contributed by atoms with E-state index in [0.717, 1.165) is 10.9 Å². The number of fused-ring (bicyclic) bond motifs is 1. The van der Waals surface area contributed by atoms with Gasteiger partial charge in [0, 0.05) is 12.4 Å². The molecule has 0 aliphatic carbocycles. The molecule has 2 rings (SSSR count). The van der Waals surface area contributed by atoms with Gasteiger partial charge in [-0.15, -0.1) is 0 Å². The van der Waals surface area contributed by atoms with Crippen LogP contribution in [0.1, 0.15) is 0 Å². The molecule has 0 radical (unpaired) electrons. The summed E-state index contributed by atoms with van der Waals surface area (Å²) >= 11 is 0. The SMILES string of the molecule is N#[N+]c1c[nH]c2ccncc12. The second-order valence-corrected chi connectivity index (χ2v) is 2.20. The van der Waals surface area contributed by atoms with Crippen LogP contribution in [-0.4, -0.2) is 9.97 Å². The standard InChI is InChI=1S/C7H5N4/c8-11-7-4-10-6-1-2-9-3-5(6)7/h1-4,10H/q+1. The molecule has 0 aliphatic heterocycles. The van der Waals surface area contributed by atoms with Crippen LogP contribution in [0.25, 0.3) is 15.9 Å². The Morgan fingerprint density at radius 1 is 1.55 bits per heavy atom. The molecule has 1 N–H and O–H groups in total. The van der Waals surface area contributed by atoms with Gasteiger partial charge in [0.2, 0.25) is 5.39 Å². The van der Waals surface area contributed by atoms with Crippen LogP contribution in [0.2, 0.25) is 0 Å². The van der Waals surface area contributed by atoms with E-state index in [9.17, 15) is 0 Å². The van der Waals surface area contributed by atoms with Gasteiger partial charge in [0.05, 0.1) is 11.7 Å². The molecule has 0 unspecified atom stereocenters. The third-order valence-corrected chi connectivity index (χ3v) is 1.57. The Hall–Kier alpha value is -1.89. The van der Waals surface area contributed by atoms with Crippen molar-refractivity contribution in [1.82, 2.24) is 9.97 Å². The van der Waals surface area contributed by atoms with E-state index in [1.54, 1.807) is 18.6 Å². The first kappa shape index (κ1) is 5.86. The first-order chi connectivity index (χ1) is 5.42. The van der Waals surface area contributed by atoms with Crippen LogP contribution in [0.4, 0.5) is 5.69 Å². The zero-order valence-electron chi connectivity index (χ0n) is 5.65. The molecule has 0 fully saturated rings. The van der Waals surface area contributed by atoms with E-state index in [2.05, 4.69) is 14.9 Å². The van der Waals surface area contributed by atoms with Crippen molar-refractivity contribution in [2.75, 3.05) is 0 Å². The van der Waals surface area contributed by atoms with Gasteiger partial charge in [0.15, 0.2) is 4.98 Å². The lowest BCUT2D eigenvalue weighted by atomic mass is 10.3. The van der Waals surface area contributed by atoms with Gasteiger partial charge in [0.25, 0.3) is 0 Å². The van der Waals surface area contributed by atoms with Crippen molar-refractivity contribution in [3.63, 3.8) is 0 Å². The Morgan fingerprint density at radius 2 is 2.45 bits per heavy atom. The number of hydrogen-bond donors (Lipinski definition) is 1. The number of rotatable bonds is 0. The zero-order valence-corrected chi connectivity index (χ0v) is 5.65. The van der Waals surface area contributed by atoms with Gasteiger partial charge in [-0.05, 0) is 6.07 Å². The molecule has 0 spiro atoms. The van der Waals surface area contributed by atoms with E-state index in [1.807, 2.05) is 6.07 Å². The molecular weight excluding hydrogens is 140 g/mol. The molecule has 2 aromatic heterocycles. The smallest absolute Gasteiger partial charge is 0.354 e. The molecule has 0 saturated heterocycles. The van der Waals surface area contributed by atoms with Gasteiger partial charge in [-0.1, -0.05) is 0 Å². The largest absolute Gasteiger partial charge is 0.411 e. The minimum atomic E-state index is 0.521. The first-order valence-corrected chi connectivity index (χ1v) is 3.18. The van der Waals surface area contributed by atoms with Crippen molar-refractivity contribution in [1.29, 1.82) is 5.39 Å². The van der Waals surface area contributed by atoms with Gasteiger partial charge in [0.1, 0.15) is 5.39 Å². The van der Waals surface area contributed by atoms with Crippen molar-refractivity contribution < 1.29 is 0 Å². The highest BCUT2D eigenvalue weighted by Crippen LogP contribution is 2.23. The molecule has 4 heteroatoms. The van der Waals surface area contributed by atoms with Crippen LogP contribution in [0.5, 0.6) is 0 Å². The maximum absolute atomic E-state index is 8.50. The number of H-pyrrole nitrogens is 1. The molecule has 11 heavy (non-hydrogen) atoms. The third kappa shape index (κ3) is 0.749. The average Bonchev–Trinajstić information content (AvgIpc) is 2.47. The highest BCUT2D eigenvalue weighted by atomic mass is 14.9. The Kier molecular flexibility index (Phi) is 1.10. The number of nitrogens with zero attached hydrogens (tertiary/aromatic N) is 3. The lowest BCUT2D eigenvalue weighted by Gasteiger charge is -1.80. The lowest BCUT2D eigenvalue weighted by molar-refractivity contribution is 1.36. The van der Waals surface area contributed by atoms with Crippen molar-refractivity contribution >= 4 is 16.6 Å². The molecule has 4 nitrogen and oxygen atoms in total. The third-order valence-electron chi connectivity index (χ3n) is 1.57. The Balaban J connectivity index is 2.89. The lowest BCUT2D eigenvalue weighted by Crippen LogP contribution is -1.68. The summed E-state index contributed by atoms with van der Waals surface area (Å²) in [6.45, 7) is 0. The van der Waals surface area contributed by atoms with Crippen molar-refractivity contribution in [2.45, 2.75) is 0 Å². The molecule has 0 amide bonds. The molecule has 52 valence electrons. The summed E-state index contributed by atoms with van der Waals surface area (Å²) in [7, 11) is 0. The zero-order chi connectivity index (χ0) is 7.68. The summed E-state index contributed by atoms with van der Waals surface area (Å²) in [5.41, 5.74) is 1.45. The molecule has 0 atom stereocenters. The molecule has 2 heterocycles. The molecule has 0 saturated carbocycles. The monoisotopic (exact) mass is 145 g/mol. The van der Waals surface area contributed by atoms with Crippen LogP contribution >= 0.6 is 0 Å². The Bertz CT molecular complexity index is 423. The van der Waals surface area contributed by atoms with Crippen LogP contribution < -0.4 is 0 Å². The van der Waals surface area contributed by atoms with Crippen LogP contribution in [0.3, 0.4) is 0 Å². The summed E-state index contributed by atoms with van der Waals surface area (Å²) in [6, 6.07) is 1.82.